The molecular formula is C25H25N5O4. The third-order valence-electron chi connectivity index (χ3n) is 6.76. The number of aryl methyl sites for hydroxylation is 1. The Morgan fingerprint density at radius 3 is 2.76 bits per heavy atom. The maximum absolute atomic E-state index is 13.4. The van der Waals surface area contributed by atoms with Crippen LogP contribution in [0.15, 0.2) is 41.3 Å². The van der Waals surface area contributed by atoms with Crippen LogP contribution >= 0.6 is 0 Å². The Morgan fingerprint density at radius 2 is 2.12 bits per heavy atom. The summed E-state index contributed by atoms with van der Waals surface area (Å²) in [6, 6.07) is 10.3. The van der Waals surface area contributed by atoms with Crippen LogP contribution in [-0.4, -0.2) is 45.8 Å². The normalized spacial score (nSPS) is 20.2. The number of fused-ring (bicyclic) bond motifs is 1. The molecule has 174 valence electrons. The number of nitrogens with zero attached hydrogens (tertiary/aromatic N) is 4. The van der Waals surface area contributed by atoms with Crippen LogP contribution in [0.1, 0.15) is 52.9 Å². The second kappa shape index (κ2) is 8.15. The molecule has 0 bridgehead atoms. The summed E-state index contributed by atoms with van der Waals surface area (Å²) in [5.41, 5.74) is 2.03. The fourth-order valence-electron chi connectivity index (χ4n) is 4.89. The molecule has 9 nitrogen and oxygen atoms in total. The third kappa shape index (κ3) is 3.56. The Bertz CT molecular complexity index is 1400. The number of carbonyl (C=O) groups is 1. The number of anilines is 2. The molecule has 2 aliphatic heterocycles. The van der Waals surface area contributed by atoms with Gasteiger partial charge in [0.2, 0.25) is 0 Å². The zero-order chi connectivity index (χ0) is 24.0. The molecule has 3 aromatic rings. The number of ether oxygens (including phenoxy) is 1. The van der Waals surface area contributed by atoms with Gasteiger partial charge in [0.05, 0.1) is 23.8 Å². The van der Waals surface area contributed by atoms with E-state index in [-0.39, 0.29) is 22.8 Å². The summed E-state index contributed by atoms with van der Waals surface area (Å²) in [5, 5.41) is 22.6. The first kappa shape index (κ1) is 21.9. The van der Waals surface area contributed by atoms with E-state index in [1.54, 1.807) is 24.4 Å². The first-order chi connectivity index (χ1) is 16.3. The molecule has 2 aliphatic rings. The number of carboxylic acid groups (broad SMARTS) is 1. The van der Waals surface area contributed by atoms with Crippen LogP contribution in [0.25, 0.3) is 5.65 Å². The standard InChI is InChI=1S/C25H25N5O4/c1-15-11-18(16(2)27-20-6-4-3-5-17(20)24(32)33)22-28-21(19(12-26)23(31)30(22)13-15)29-9-7-25(14-29)8-10-34-25/h3-6,11,13,16,27H,7-10,14H2,1-2H3,(H,32,33)/t16-,25?/m1/s1. The number of pyridine rings is 1. The van der Waals surface area contributed by atoms with Crippen molar-refractivity contribution in [2.24, 2.45) is 0 Å². The quantitative estimate of drug-likeness (QED) is 0.597. The zero-order valence-electron chi connectivity index (χ0n) is 19.0. The minimum Gasteiger partial charge on any atom is -0.478 e. The Hall–Kier alpha value is -3.90. The smallest absolute Gasteiger partial charge is 0.337 e. The van der Waals surface area contributed by atoms with Crippen molar-refractivity contribution in [1.29, 1.82) is 5.26 Å². The summed E-state index contributed by atoms with van der Waals surface area (Å²) in [7, 11) is 0. The van der Waals surface area contributed by atoms with E-state index >= 15 is 0 Å². The monoisotopic (exact) mass is 459 g/mol. The Morgan fingerprint density at radius 1 is 1.35 bits per heavy atom. The largest absolute Gasteiger partial charge is 0.478 e. The van der Waals surface area contributed by atoms with Crippen LogP contribution in [0.4, 0.5) is 11.5 Å². The highest BCUT2D eigenvalue weighted by molar-refractivity contribution is 5.94. The van der Waals surface area contributed by atoms with Crippen molar-refractivity contribution in [2.75, 3.05) is 29.9 Å². The number of aromatic nitrogens is 2. The average molecular weight is 460 g/mol. The van der Waals surface area contributed by atoms with Gasteiger partial charge in [-0.25, -0.2) is 9.78 Å². The van der Waals surface area contributed by atoms with Crippen molar-refractivity contribution in [2.45, 2.75) is 38.3 Å². The SMILES string of the molecule is Cc1cc([C@@H](C)Nc2ccccc2C(=O)O)c2nc(N3CCC4(CCO4)C3)c(C#N)c(=O)n2c1. The molecule has 4 heterocycles. The number of hydrogen-bond acceptors (Lipinski definition) is 7. The lowest BCUT2D eigenvalue weighted by Crippen LogP contribution is -2.46. The van der Waals surface area contributed by atoms with Crippen LogP contribution in [0.5, 0.6) is 0 Å². The fourth-order valence-corrected chi connectivity index (χ4v) is 4.89. The maximum Gasteiger partial charge on any atom is 0.337 e. The zero-order valence-corrected chi connectivity index (χ0v) is 19.0. The van der Waals surface area contributed by atoms with Gasteiger partial charge >= 0.3 is 5.97 Å². The van der Waals surface area contributed by atoms with Crippen molar-refractivity contribution in [3.8, 4) is 6.07 Å². The van der Waals surface area contributed by atoms with Gasteiger partial charge in [-0.1, -0.05) is 12.1 Å². The summed E-state index contributed by atoms with van der Waals surface area (Å²) in [6.07, 6.45) is 3.48. The molecule has 2 fully saturated rings. The van der Waals surface area contributed by atoms with Gasteiger partial charge in [-0.15, -0.1) is 0 Å². The number of nitrogens with one attached hydrogen (secondary N) is 1. The molecule has 2 atom stereocenters. The molecule has 1 aromatic carbocycles. The van der Waals surface area contributed by atoms with Crippen LogP contribution in [0.2, 0.25) is 0 Å². The molecule has 2 N–H and O–H groups in total. The van der Waals surface area contributed by atoms with E-state index in [0.717, 1.165) is 30.6 Å². The van der Waals surface area contributed by atoms with Crippen LogP contribution in [-0.2, 0) is 4.74 Å². The van der Waals surface area contributed by atoms with Gasteiger partial charge < -0.3 is 20.1 Å². The van der Waals surface area contributed by atoms with Gasteiger partial charge in [-0.05, 0) is 44.0 Å². The van der Waals surface area contributed by atoms with Crippen LogP contribution in [0.3, 0.4) is 0 Å². The highest BCUT2D eigenvalue weighted by Crippen LogP contribution is 2.38. The molecule has 34 heavy (non-hydrogen) atoms. The van der Waals surface area contributed by atoms with Crippen molar-refractivity contribution in [3.63, 3.8) is 0 Å². The minimum absolute atomic E-state index is 0.0160. The van der Waals surface area contributed by atoms with Gasteiger partial charge in [0.15, 0.2) is 11.4 Å². The number of rotatable bonds is 5. The molecule has 2 saturated heterocycles. The van der Waals surface area contributed by atoms with E-state index in [0.29, 0.717) is 30.2 Å². The first-order valence-corrected chi connectivity index (χ1v) is 11.3. The second-order valence-corrected chi connectivity index (χ2v) is 9.06. The van der Waals surface area contributed by atoms with Crippen molar-refractivity contribution >= 4 is 23.1 Å². The lowest BCUT2D eigenvalue weighted by molar-refractivity contribution is -0.130. The van der Waals surface area contributed by atoms with Crippen molar-refractivity contribution < 1.29 is 14.6 Å². The van der Waals surface area contributed by atoms with Gasteiger partial charge in [-0.3, -0.25) is 9.20 Å². The summed E-state index contributed by atoms with van der Waals surface area (Å²) in [5.74, 6) is -0.649. The van der Waals surface area contributed by atoms with Gasteiger partial charge in [0, 0.05) is 37.0 Å². The number of hydrogen-bond donors (Lipinski definition) is 2. The van der Waals surface area contributed by atoms with E-state index in [9.17, 15) is 20.0 Å². The van der Waals surface area contributed by atoms with Crippen molar-refractivity contribution in [1.82, 2.24) is 9.38 Å². The van der Waals surface area contributed by atoms with Crippen LogP contribution < -0.4 is 15.8 Å². The van der Waals surface area contributed by atoms with E-state index in [2.05, 4.69) is 11.4 Å². The maximum atomic E-state index is 13.4. The van der Waals surface area contributed by atoms with E-state index in [4.69, 9.17) is 9.72 Å². The Labute approximate surface area is 196 Å². The van der Waals surface area contributed by atoms with Crippen molar-refractivity contribution in [3.05, 3.63) is 69.1 Å². The van der Waals surface area contributed by atoms with E-state index < -0.39 is 11.5 Å². The fraction of sp³-hybridized carbons (Fsp3) is 0.360. The molecule has 0 saturated carbocycles. The average Bonchev–Trinajstić information content (AvgIpc) is 3.25. The summed E-state index contributed by atoms with van der Waals surface area (Å²) in [4.78, 5) is 31.8. The van der Waals surface area contributed by atoms with Gasteiger partial charge in [0.25, 0.3) is 5.56 Å². The number of benzene rings is 1. The minimum atomic E-state index is -1.03. The molecule has 0 aliphatic carbocycles. The van der Waals surface area contributed by atoms with Crippen LogP contribution in [0, 0.1) is 18.3 Å². The molecule has 1 unspecified atom stereocenters. The molecule has 0 amide bonds. The molecule has 0 radical (unpaired) electrons. The van der Waals surface area contributed by atoms with Gasteiger partial charge in [-0.2, -0.15) is 5.26 Å². The predicted octanol–water partition coefficient (Wildman–Crippen LogP) is 3.12. The summed E-state index contributed by atoms with van der Waals surface area (Å²) < 4.78 is 7.22. The van der Waals surface area contributed by atoms with Gasteiger partial charge in [0.1, 0.15) is 11.7 Å². The lowest BCUT2D eigenvalue weighted by atomic mass is 9.94. The second-order valence-electron chi connectivity index (χ2n) is 9.06. The Kier molecular flexibility index (Phi) is 5.25. The molecule has 5 rings (SSSR count). The Balaban J connectivity index is 1.61. The molecule has 1 spiro atoms. The summed E-state index contributed by atoms with van der Waals surface area (Å²) >= 11 is 0. The van der Waals surface area contributed by atoms with E-state index in [1.165, 1.54) is 10.5 Å². The lowest BCUT2D eigenvalue weighted by Gasteiger charge is -2.38. The number of nitriles is 1. The number of carboxylic acids is 1. The van der Waals surface area contributed by atoms with E-state index in [1.807, 2.05) is 24.8 Å². The highest BCUT2D eigenvalue weighted by Gasteiger charge is 2.45. The number of aromatic carboxylic acids is 1. The molecule has 2 aromatic heterocycles. The molecule has 9 heteroatoms. The predicted molar refractivity (Wildman–Crippen MR) is 126 cm³/mol. The molecular weight excluding hydrogens is 434 g/mol. The third-order valence-corrected chi connectivity index (χ3v) is 6.76. The number of para-hydroxylation sites is 1. The topological polar surface area (TPSA) is 120 Å². The summed E-state index contributed by atoms with van der Waals surface area (Å²) in [6.45, 7) is 5.76. The highest BCUT2D eigenvalue weighted by atomic mass is 16.5. The first-order valence-electron chi connectivity index (χ1n) is 11.3.